The van der Waals surface area contributed by atoms with Crippen LogP contribution in [0.15, 0.2) is 24.3 Å². The summed E-state index contributed by atoms with van der Waals surface area (Å²) in [5.74, 6) is 0.658. The van der Waals surface area contributed by atoms with Crippen LogP contribution in [-0.4, -0.2) is 12.6 Å². The fourth-order valence-electron chi connectivity index (χ4n) is 2.50. The minimum atomic E-state index is 0.235. The van der Waals surface area contributed by atoms with Gasteiger partial charge in [0.25, 0.3) is 0 Å². The Morgan fingerprint density at radius 1 is 0.905 bits per heavy atom. The molecule has 1 aromatic carbocycles. The molecule has 0 radical (unpaired) electrons. The van der Waals surface area contributed by atoms with Crippen molar-refractivity contribution < 1.29 is 0 Å². The Labute approximate surface area is 132 Å². The summed E-state index contributed by atoms with van der Waals surface area (Å²) in [6.45, 7) is 19.4. The van der Waals surface area contributed by atoms with Crippen molar-refractivity contribution in [3.8, 4) is 0 Å². The van der Waals surface area contributed by atoms with E-state index in [2.05, 4.69) is 85.0 Å². The average molecular weight is 290 g/mol. The molecule has 1 N–H and O–H groups in total. The normalized spacial score (nSPS) is 15.5. The van der Waals surface area contributed by atoms with E-state index in [0.717, 1.165) is 13.0 Å². The van der Waals surface area contributed by atoms with Crippen LogP contribution in [0.1, 0.15) is 66.5 Å². The van der Waals surface area contributed by atoms with E-state index >= 15 is 0 Å². The van der Waals surface area contributed by atoms with Crippen molar-refractivity contribution in [3.05, 3.63) is 35.4 Å². The monoisotopic (exact) mass is 289 g/mol. The lowest BCUT2D eigenvalue weighted by molar-refractivity contribution is 0.202. The van der Waals surface area contributed by atoms with Crippen LogP contribution in [-0.2, 0) is 11.8 Å². The van der Waals surface area contributed by atoms with Gasteiger partial charge in [-0.3, -0.25) is 0 Å². The molecule has 0 saturated heterocycles. The van der Waals surface area contributed by atoms with Crippen LogP contribution >= 0.6 is 0 Å². The zero-order valence-corrected chi connectivity index (χ0v) is 15.4. The molecule has 0 saturated carbocycles. The molecule has 1 rings (SSSR count). The Morgan fingerprint density at radius 3 is 1.81 bits per heavy atom. The number of hydrogen-bond acceptors (Lipinski definition) is 1. The molecule has 1 nitrogen and oxygen atoms in total. The van der Waals surface area contributed by atoms with Gasteiger partial charge in [-0.15, -0.1) is 0 Å². The fourth-order valence-corrected chi connectivity index (χ4v) is 2.50. The predicted octanol–water partition coefficient (Wildman–Crippen LogP) is 5.19. The third-order valence-corrected chi connectivity index (χ3v) is 4.74. The molecule has 1 heteroatoms. The third kappa shape index (κ3) is 5.47. The summed E-state index contributed by atoms with van der Waals surface area (Å²) in [6.07, 6.45) is 1.13. The summed E-state index contributed by atoms with van der Waals surface area (Å²) < 4.78 is 0. The van der Waals surface area contributed by atoms with E-state index in [9.17, 15) is 0 Å². The molecule has 0 aromatic heterocycles. The largest absolute Gasteiger partial charge is 0.314 e. The molecule has 1 unspecified atom stereocenters. The first-order chi connectivity index (χ1) is 9.54. The van der Waals surface area contributed by atoms with E-state index in [0.29, 0.717) is 17.4 Å². The number of hydrogen-bond donors (Lipinski definition) is 1. The predicted molar refractivity (Wildman–Crippen MR) is 94.9 cm³/mol. The standard InChI is InChI=1S/C20H35N/c1-15(2)20(8,14-21-16(3)4)13-17-9-11-18(12-10-17)19(5,6)7/h9-12,15-16,21H,13-14H2,1-8H3. The van der Waals surface area contributed by atoms with Gasteiger partial charge in [-0.1, -0.05) is 79.7 Å². The highest BCUT2D eigenvalue weighted by molar-refractivity contribution is 5.28. The maximum Gasteiger partial charge on any atom is 0.00132 e. The number of benzene rings is 1. The zero-order valence-electron chi connectivity index (χ0n) is 15.4. The lowest BCUT2D eigenvalue weighted by Gasteiger charge is -2.35. The molecule has 0 bridgehead atoms. The van der Waals surface area contributed by atoms with E-state index in [1.54, 1.807) is 0 Å². The molecule has 0 fully saturated rings. The highest BCUT2D eigenvalue weighted by Gasteiger charge is 2.28. The first-order valence-corrected chi connectivity index (χ1v) is 8.37. The quantitative estimate of drug-likeness (QED) is 0.760. The number of nitrogens with one attached hydrogen (secondary N) is 1. The van der Waals surface area contributed by atoms with Gasteiger partial charge in [-0.2, -0.15) is 0 Å². The summed E-state index contributed by atoms with van der Waals surface area (Å²) in [5, 5.41) is 3.62. The van der Waals surface area contributed by atoms with Crippen LogP contribution in [0.2, 0.25) is 0 Å². The second kappa shape index (κ2) is 6.96. The summed E-state index contributed by atoms with van der Waals surface area (Å²) in [5.41, 5.74) is 3.40. The van der Waals surface area contributed by atoms with Crippen LogP contribution in [0.25, 0.3) is 0 Å². The van der Waals surface area contributed by atoms with Crippen LogP contribution in [0.5, 0.6) is 0 Å². The molecule has 0 aliphatic carbocycles. The van der Waals surface area contributed by atoms with Gasteiger partial charge in [-0.25, -0.2) is 0 Å². The first-order valence-electron chi connectivity index (χ1n) is 8.37. The van der Waals surface area contributed by atoms with Crippen molar-refractivity contribution in [2.45, 2.75) is 73.3 Å². The van der Waals surface area contributed by atoms with Crippen molar-refractivity contribution in [1.29, 1.82) is 0 Å². The Hall–Kier alpha value is -0.820. The summed E-state index contributed by atoms with van der Waals surface area (Å²) in [4.78, 5) is 0. The Bertz CT molecular complexity index is 422. The van der Waals surface area contributed by atoms with Gasteiger partial charge in [0.1, 0.15) is 0 Å². The van der Waals surface area contributed by atoms with Gasteiger partial charge in [0.05, 0.1) is 0 Å². The molecule has 0 aliphatic rings. The Morgan fingerprint density at radius 2 is 1.43 bits per heavy atom. The van der Waals surface area contributed by atoms with Gasteiger partial charge in [0.2, 0.25) is 0 Å². The van der Waals surface area contributed by atoms with E-state index in [4.69, 9.17) is 0 Å². The van der Waals surface area contributed by atoms with Gasteiger partial charge in [0, 0.05) is 12.6 Å². The van der Waals surface area contributed by atoms with Gasteiger partial charge >= 0.3 is 0 Å². The van der Waals surface area contributed by atoms with Crippen molar-refractivity contribution in [2.24, 2.45) is 11.3 Å². The lowest BCUT2D eigenvalue weighted by atomic mass is 9.74. The molecule has 0 heterocycles. The molecule has 120 valence electrons. The molecule has 1 atom stereocenters. The fraction of sp³-hybridized carbons (Fsp3) is 0.700. The van der Waals surface area contributed by atoms with E-state index in [1.807, 2.05) is 0 Å². The summed E-state index contributed by atoms with van der Waals surface area (Å²) in [6, 6.07) is 9.77. The first kappa shape index (κ1) is 18.2. The van der Waals surface area contributed by atoms with Crippen LogP contribution in [0.4, 0.5) is 0 Å². The SMILES string of the molecule is CC(C)NCC(C)(Cc1ccc(C(C)(C)C)cc1)C(C)C. The minimum Gasteiger partial charge on any atom is -0.314 e. The van der Waals surface area contributed by atoms with E-state index in [1.165, 1.54) is 11.1 Å². The lowest BCUT2D eigenvalue weighted by Crippen LogP contribution is -2.40. The molecule has 21 heavy (non-hydrogen) atoms. The number of rotatable bonds is 6. The summed E-state index contributed by atoms with van der Waals surface area (Å²) in [7, 11) is 0. The third-order valence-electron chi connectivity index (χ3n) is 4.74. The van der Waals surface area contributed by atoms with Crippen LogP contribution < -0.4 is 5.32 Å². The van der Waals surface area contributed by atoms with Crippen LogP contribution in [0, 0.1) is 11.3 Å². The maximum absolute atomic E-state index is 3.62. The molecule has 0 amide bonds. The second-order valence-corrected chi connectivity index (χ2v) is 8.47. The van der Waals surface area contributed by atoms with Crippen LogP contribution in [0.3, 0.4) is 0 Å². The molecule has 0 spiro atoms. The zero-order chi connectivity index (χ0) is 16.3. The topological polar surface area (TPSA) is 12.0 Å². The van der Waals surface area contributed by atoms with E-state index < -0.39 is 0 Å². The molecular formula is C20H35N. The maximum atomic E-state index is 3.62. The molecule has 1 aromatic rings. The Kier molecular flexibility index (Phi) is 6.04. The van der Waals surface area contributed by atoms with Gasteiger partial charge in [0.15, 0.2) is 0 Å². The molecule has 0 aliphatic heterocycles. The summed E-state index contributed by atoms with van der Waals surface area (Å²) >= 11 is 0. The highest BCUT2D eigenvalue weighted by Crippen LogP contribution is 2.32. The van der Waals surface area contributed by atoms with Gasteiger partial charge < -0.3 is 5.32 Å². The van der Waals surface area contributed by atoms with Crippen molar-refractivity contribution in [1.82, 2.24) is 5.32 Å². The van der Waals surface area contributed by atoms with Gasteiger partial charge in [-0.05, 0) is 34.3 Å². The van der Waals surface area contributed by atoms with E-state index in [-0.39, 0.29) is 5.41 Å². The average Bonchev–Trinajstić information content (AvgIpc) is 2.36. The molecular weight excluding hydrogens is 254 g/mol. The minimum absolute atomic E-state index is 0.235. The van der Waals surface area contributed by atoms with Crippen molar-refractivity contribution in [3.63, 3.8) is 0 Å². The highest BCUT2D eigenvalue weighted by atomic mass is 14.9. The Balaban J connectivity index is 2.84. The second-order valence-electron chi connectivity index (χ2n) is 8.47. The van der Waals surface area contributed by atoms with Crippen molar-refractivity contribution in [2.75, 3.05) is 6.54 Å². The van der Waals surface area contributed by atoms with Crippen molar-refractivity contribution >= 4 is 0 Å². The smallest absolute Gasteiger partial charge is 0.00132 e.